The molecule has 3 nitrogen and oxygen atoms in total. The highest BCUT2D eigenvalue weighted by Gasteiger charge is 2.22. The highest BCUT2D eigenvalue weighted by molar-refractivity contribution is 7.98. The number of aliphatic hydroxyl groups is 1. The third-order valence-corrected chi connectivity index (χ3v) is 5.07. The average molecular weight is 325 g/mol. The van der Waals surface area contributed by atoms with Crippen molar-refractivity contribution >= 4 is 17.7 Å². The van der Waals surface area contributed by atoms with Crippen molar-refractivity contribution in [3.8, 4) is 0 Å². The Morgan fingerprint density at radius 1 is 1.41 bits per heavy atom. The number of amides is 1. The van der Waals surface area contributed by atoms with Gasteiger partial charge in [0.1, 0.15) is 5.82 Å². The van der Waals surface area contributed by atoms with E-state index in [9.17, 15) is 14.3 Å². The van der Waals surface area contributed by atoms with E-state index < -0.39 is 0 Å². The molecule has 0 heterocycles. The van der Waals surface area contributed by atoms with Crippen LogP contribution >= 0.6 is 11.8 Å². The SMILES string of the molecule is CSc1cc(C(=O)NCCCC2CCCCC2O)ccc1F. The molecular formula is C17H24FNO2S. The van der Waals surface area contributed by atoms with Gasteiger partial charge in [-0.3, -0.25) is 4.79 Å². The third-order valence-electron chi connectivity index (χ3n) is 4.32. The highest BCUT2D eigenvalue weighted by atomic mass is 32.2. The Labute approximate surface area is 135 Å². The quantitative estimate of drug-likeness (QED) is 0.620. The van der Waals surface area contributed by atoms with Crippen LogP contribution in [0.4, 0.5) is 4.39 Å². The van der Waals surface area contributed by atoms with Crippen LogP contribution in [0.2, 0.25) is 0 Å². The van der Waals surface area contributed by atoms with Gasteiger partial charge in [0.25, 0.3) is 5.91 Å². The molecule has 1 amide bonds. The number of rotatable bonds is 6. The fraction of sp³-hybridized carbons (Fsp3) is 0.588. The molecule has 0 aliphatic heterocycles. The molecule has 1 aromatic carbocycles. The molecule has 2 rings (SSSR count). The number of carbonyl (C=O) groups excluding carboxylic acids is 1. The van der Waals surface area contributed by atoms with Crippen LogP contribution in [0, 0.1) is 11.7 Å². The highest BCUT2D eigenvalue weighted by Crippen LogP contribution is 2.27. The molecule has 2 atom stereocenters. The van der Waals surface area contributed by atoms with Gasteiger partial charge in [-0.1, -0.05) is 12.8 Å². The van der Waals surface area contributed by atoms with Crippen molar-refractivity contribution in [1.82, 2.24) is 5.32 Å². The van der Waals surface area contributed by atoms with Crippen LogP contribution in [0.3, 0.4) is 0 Å². The summed E-state index contributed by atoms with van der Waals surface area (Å²) in [6.45, 7) is 0.591. The Bertz CT molecular complexity index is 509. The molecule has 1 aliphatic carbocycles. The van der Waals surface area contributed by atoms with E-state index in [0.29, 0.717) is 22.9 Å². The van der Waals surface area contributed by atoms with E-state index in [1.165, 1.54) is 30.3 Å². The first-order chi connectivity index (χ1) is 10.6. The lowest BCUT2D eigenvalue weighted by atomic mass is 9.83. The maximum Gasteiger partial charge on any atom is 0.251 e. The zero-order valence-electron chi connectivity index (χ0n) is 13.0. The van der Waals surface area contributed by atoms with Crippen molar-refractivity contribution in [3.63, 3.8) is 0 Å². The van der Waals surface area contributed by atoms with Crippen molar-refractivity contribution in [1.29, 1.82) is 0 Å². The first-order valence-corrected chi connectivity index (χ1v) is 9.14. The molecule has 1 aromatic rings. The number of nitrogens with one attached hydrogen (secondary N) is 1. The summed E-state index contributed by atoms with van der Waals surface area (Å²) < 4.78 is 13.4. The van der Waals surface area contributed by atoms with E-state index in [4.69, 9.17) is 0 Å². The molecule has 1 fully saturated rings. The molecule has 5 heteroatoms. The van der Waals surface area contributed by atoms with Gasteiger partial charge in [-0.15, -0.1) is 11.8 Å². The minimum atomic E-state index is -0.296. The summed E-state index contributed by atoms with van der Waals surface area (Å²) >= 11 is 1.29. The standard InChI is InChI=1S/C17H24FNO2S/c1-22-16-11-13(8-9-14(16)18)17(21)19-10-4-6-12-5-2-3-7-15(12)20/h8-9,11-12,15,20H,2-7,10H2,1H3,(H,19,21). The minimum absolute atomic E-state index is 0.167. The zero-order valence-corrected chi connectivity index (χ0v) is 13.8. The van der Waals surface area contributed by atoms with Crippen LogP contribution in [0.25, 0.3) is 0 Å². The van der Waals surface area contributed by atoms with Crippen molar-refractivity contribution in [2.75, 3.05) is 12.8 Å². The van der Waals surface area contributed by atoms with Crippen LogP contribution in [0.15, 0.2) is 23.1 Å². The molecule has 1 saturated carbocycles. The molecule has 22 heavy (non-hydrogen) atoms. The molecule has 122 valence electrons. The summed E-state index contributed by atoms with van der Waals surface area (Å²) in [5.41, 5.74) is 0.489. The Balaban J connectivity index is 1.75. The molecule has 1 aliphatic rings. The van der Waals surface area contributed by atoms with Gasteiger partial charge in [-0.05, 0) is 56.1 Å². The fourth-order valence-electron chi connectivity index (χ4n) is 2.99. The van der Waals surface area contributed by atoms with Gasteiger partial charge >= 0.3 is 0 Å². The van der Waals surface area contributed by atoms with Crippen molar-refractivity contribution in [2.45, 2.75) is 49.5 Å². The number of benzene rings is 1. The van der Waals surface area contributed by atoms with E-state index in [2.05, 4.69) is 5.32 Å². The van der Waals surface area contributed by atoms with Crippen LogP contribution in [-0.2, 0) is 0 Å². The van der Waals surface area contributed by atoms with E-state index in [1.54, 1.807) is 12.3 Å². The summed E-state index contributed by atoms with van der Waals surface area (Å²) in [6, 6.07) is 4.43. The second kappa shape index (κ2) is 8.53. The number of halogens is 1. The Kier molecular flexibility index (Phi) is 6.70. The normalized spacial score (nSPS) is 21.6. The Morgan fingerprint density at radius 2 is 2.18 bits per heavy atom. The summed E-state index contributed by atoms with van der Waals surface area (Å²) in [7, 11) is 0. The van der Waals surface area contributed by atoms with E-state index in [-0.39, 0.29) is 17.8 Å². The number of hydrogen-bond acceptors (Lipinski definition) is 3. The molecule has 0 radical (unpaired) electrons. The Morgan fingerprint density at radius 3 is 2.91 bits per heavy atom. The first-order valence-electron chi connectivity index (χ1n) is 7.91. The predicted octanol–water partition coefficient (Wildman–Crippen LogP) is 3.61. The second-order valence-electron chi connectivity index (χ2n) is 5.86. The first kappa shape index (κ1) is 17.3. The summed E-state index contributed by atoms with van der Waals surface area (Å²) in [4.78, 5) is 12.5. The van der Waals surface area contributed by atoms with Crippen molar-refractivity contribution < 1.29 is 14.3 Å². The smallest absolute Gasteiger partial charge is 0.251 e. The van der Waals surface area contributed by atoms with E-state index in [0.717, 1.165) is 32.1 Å². The van der Waals surface area contributed by atoms with Gasteiger partial charge in [-0.25, -0.2) is 4.39 Å². The van der Waals surface area contributed by atoms with Crippen LogP contribution in [0.1, 0.15) is 48.9 Å². The molecule has 2 unspecified atom stereocenters. The molecule has 0 saturated heterocycles. The lowest BCUT2D eigenvalue weighted by Crippen LogP contribution is -2.28. The van der Waals surface area contributed by atoms with E-state index >= 15 is 0 Å². The fourth-order valence-corrected chi connectivity index (χ4v) is 3.50. The van der Waals surface area contributed by atoms with Gasteiger partial charge in [0.15, 0.2) is 0 Å². The van der Waals surface area contributed by atoms with Gasteiger partial charge in [0.2, 0.25) is 0 Å². The largest absolute Gasteiger partial charge is 0.393 e. The predicted molar refractivity (Wildman–Crippen MR) is 87.7 cm³/mol. The summed E-state index contributed by atoms with van der Waals surface area (Å²) in [5.74, 6) is -0.0885. The van der Waals surface area contributed by atoms with Crippen molar-refractivity contribution in [3.05, 3.63) is 29.6 Å². The number of aliphatic hydroxyl groups excluding tert-OH is 1. The molecule has 2 N–H and O–H groups in total. The molecular weight excluding hydrogens is 301 g/mol. The average Bonchev–Trinajstić information content (AvgIpc) is 2.53. The monoisotopic (exact) mass is 325 g/mol. The lowest BCUT2D eigenvalue weighted by Gasteiger charge is -2.27. The van der Waals surface area contributed by atoms with Gasteiger partial charge in [-0.2, -0.15) is 0 Å². The maximum absolute atomic E-state index is 13.4. The molecule has 0 bridgehead atoms. The summed E-state index contributed by atoms with van der Waals surface area (Å²) in [6.07, 6.45) is 7.73. The number of carbonyl (C=O) groups is 1. The van der Waals surface area contributed by atoms with Crippen LogP contribution in [-0.4, -0.2) is 29.9 Å². The maximum atomic E-state index is 13.4. The van der Waals surface area contributed by atoms with E-state index in [1.807, 2.05) is 0 Å². The topological polar surface area (TPSA) is 49.3 Å². The Hall–Kier alpha value is -1.07. The third kappa shape index (κ3) is 4.71. The number of thioether (sulfide) groups is 1. The summed E-state index contributed by atoms with van der Waals surface area (Å²) in [5, 5.41) is 12.8. The van der Waals surface area contributed by atoms with Crippen molar-refractivity contribution in [2.24, 2.45) is 5.92 Å². The number of hydrogen-bond donors (Lipinski definition) is 2. The van der Waals surface area contributed by atoms with Crippen LogP contribution in [0.5, 0.6) is 0 Å². The van der Waals surface area contributed by atoms with Gasteiger partial charge in [0.05, 0.1) is 6.10 Å². The zero-order chi connectivity index (χ0) is 15.9. The minimum Gasteiger partial charge on any atom is -0.393 e. The van der Waals surface area contributed by atoms with Gasteiger partial charge < -0.3 is 10.4 Å². The molecule has 0 spiro atoms. The second-order valence-corrected chi connectivity index (χ2v) is 6.71. The van der Waals surface area contributed by atoms with Gasteiger partial charge in [0, 0.05) is 17.0 Å². The molecule has 0 aromatic heterocycles. The lowest BCUT2D eigenvalue weighted by molar-refractivity contribution is 0.0641. The van der Waals surface area contributed by atoms with Crippen LogP contribution < -0.4 is 5.32 Å².